The molecular weight excluding hydrogens is 380 g/mol. The maximum atomic E-state index is 12.4. The standard InChI is InChI=1S/C19H34N4O6/c1-9(2)13(16(25)26)22-15(24)12(20)7-11(5)8-19(6,21)18(29)23-14(10(3)4)17(27)28/h9-10,12-14H,5,7-8,20-21H2,1-4,6H3,(H,22,24)(H,23,29)(H,25,26)(H,27,28)/t12-,13+,14+,19+/m1/s1. The second kappa shape index (κ2) is 10.9. The van der Waals surface area contributed by atoms with Crippen LogP contribution in [0.25, 0.3) is 0 Å². The number of hydrogen-bond acceptors (Lipinski definition) is 6. The number of carbonyl (C=O) groups excluding carboxylic acids is 2. The number of carbonyl (C=O) groups is 4. The van der Waals surface area contributed by atoms with E-state index < -0.39 is 47.4 Å². The zero-order chi connectivity index (χ0) is 23.1. The van der Waals surface area contributed by atoms with Crippen LogP contribution in [-0.2, 0) is 19.2 Å². The highest BCUT2D eigenvalue weighted by molar-refractivity contribution is 5.90. The molecule has 0 aliphatic heterocycles. The van der Waals surface area contributed by atoms with Gasteiger partial charge in [0.15, 0.2) is 0 Å². The van der Waals surface area contributed by atoms with E-state index >= 15 is 0 Å². The van der Waals surface area contributed by atoms with Crippen LogP contribution in [0.5, 0.6) is 0 Å². The molecular formula is C19H34N4O6. The average Bonchev–Trinajstić information content (AvgIpc) is 2.54. The third kappa shape index (κ3) is 8.61. The normalized spacial score (nSPS) is 16.4. The number of nitrogens with one attached hydrogen (secondary N) is 2. The largest absolute Gasteiger partial charge is 0.480 e. The predicted octanol–water partition coefficient (Wildman–Crippen LogP) is -0.182. The van der Waals surface area contributed by atoms with Gasteiger partial charge in [-0.3, -0.25) is 9.59 Å². The van der Waals surface area contributed by atoms with Gasteiger partial charge < -0.3 is 32.3 Å². The molecule has 0 radical (unpaired) electrons. The van der Waals surface area contributed by atoms with Crippen molar-refractivity contribution in [2.45, 2.75) is 71.1 Å². The smallest absolute Gasteiger partial charge is 0.326 e. The van der Waals surface area contributed by atoms with Gasteiger partial charge in [-0.25, -0.2) is 9.59 Å². The van der Waals surface area contributed by atoms with E-state index in [0.717, 1.165) is 0 Å². The zero-order valence-electron chi connectivity index (χ0n) is 17.7. The molecule has 0 saturated heterocycles. The van der Waals surface area contributed by atoms with Crippen molar-refractivity contribution < 1.29 is 29.4 Å². The average molecular weight is 415 g/mol. The Morgan fingerprint density at radius 3 is 1.76 bits per heavy atom. The maximum Gasteiger partial charge on any atom is 0.326 e. The number of carboxylic acids is 2. The molecule has 8 N–H and O–H groups in total. The fourth-order valence-electron chi connectivity index (χ4n) is 2.67. The van der Waals surface area contributed by atoms with Gasteiger partial charge in [-0.2, -0.15) is 0 Å². The van der Waals surface area contributed by atoms with Gasteiger partial charge in [-0.05, 0) is 31.6 Å². The summed E-state index contributed by atoms with van der Waals surface area (Å²) in [6, 6.07) is -3.23. The summed E-state index contributed by atoms with van der Waals surface area (Å²) in [5, 5.41) is 23.1. The van der Waals surface area contributed by atoms with Crippen LogP contribution in [0.2, 0.25) is 0 Å². The van der Waals surface area contributed by atoms with Crippen LogP contribution >= 0.6 is 0 Å². The van der Waals surface area contributed by atoms with E-state index in [4.69, 9.17) is 16.6 Å². The van der Waals surface area contributed by atoms with E-state index in [0.29, 0.717) is 5.57 Å². The van der Waals surface area contributed by atoms with Gasteiger partial charge in [-0.1, -0.05) is 39.8 Å². The number of nitrogens with two attached hydrogens (primary N) is 2. The Morgan fingerprint density at radius 2 is 1.38 bits per heavy atom. The van der Waals surface area contributed by atoms with E-state index in [2.05, 4.69) is 17.2 Å². The van der Waals surface area contributed by atoms with E-state index in [1.165, 1.54) is 6.92 Å². The Labute approximate surface area is 171 Å². The summed E-state index contributed by atoms with van der Waals surface area (Å²) in [4.78, 5) is 47.0. The minimum absolute atomic E-state index is 0.0110. The summed E-state index contributed by atoms with van der Waals surface area (Å²) >= 11 is 0. The van der Waals surface area contributed by atoms with Gasteiger partial charge in [0.2, 0.25) is 11.8 Å². The first kappa shape index (κ1) is 26.5. The quantitative estimate of drug-likeness (QED) is 0.237. The molecule has 10 heteroatoms. The lowest BCUT2D eigenvalue weighted by Crippen LogP contribution is -2.57. The molecule has 0 aromatic heterocycles. The molecule has 0 rings (SSSR count). The zero-order valence-corrected chi connectivity index (χ0v) is 17.7. The molecule has 0 aliphatic carbocycles. The number of carboxylic acid groups (broad SMARTS) is 2. The van der Waals surface area contributed by atoms with E-state index in [-0.39, 0.29) is 24.7 Å². The molecule has 2 amide bonds. The van der Waals surface area contributed by atoms with Gasteiger partial charge in [0.25, 0.3) is 0 Å². The van der Waals surface area contributed by atoms with Crippen LogP contribution in [0.4, 0.5) is 0 Å². The molecule has 0 heterocycles. The minimum Gasteiger partial charge on any atom is -0.480 e. The topological polar surface area (TPSA) is 185 Å². The molecule has 0 spiro atoms. The van der Waals surface area contributed by atoms with Gasteiger partial charge >= 0.3 is 11.9 Å². The van der Waals surface area contributed by atoms with Crippen LogP contribution in [0, 0.1) is 11.8 Å². The lowest BCUT2D eigenvalue weighted by molar-refractivity contribution is -0.144. The Bertz CT molecular complexity index is 645. The van der Waals surface area contributed by atoms with Crippen molar-refractivity contribution >= 4 is 23.8 Å². The molecule has 166 valence electrons. The SMILES string of the molecule is C=C(C[C@@H](N)C(=O)N[C@H](C(=O)O)C(C)C)C[C@](C)(N)C(=O)N[C@H](C(=O)O)C(C)C. The van der Waals surface area contributed by atoms with Crippen molar-refractivity contribution in [3.63, 3.8) is 0 Å². The third-order valence-corrected chi connectivity index (χ3v) is 4.43. The highest BCUT2D eigenvalue weighted by atomic mass is 16.4. The Morgan fingerprint density at radius 1 is 0.966 bits per heavy atom. The summed E-state index contributed by atoms with van der Waals surface area (Å²) in [7, 11) is 0. The summed E-state index contributed by atoms with van der Waals surface area (Å²) in [6.45, 7) is 11.8. The molecule has 0 saturated carbocycles. The molecule has 0 aromatic carbocycles. The molecule has 0 bridgehead atoms. The van der Waals surface area contributed by atoms with Gasteiger partial charge in [0.1, 0.15) is 12.1 Å². The van der Waals surface area contributed by atoms with Crippen LogP contribution in [0.1, 0.15) is 47.5 Å². The van der Waals surface area contributed by atoms with Gasteiger partial charge in [-0.15, -0.1) is 0 Å². The van der Waals surface area contributed by atoms with Crippen LogP contribution in [0.3, 0.4) is 0 Å². The Hall–Kier alpha value is -2.46. The second-order valence-electron chi connectivity index (χ2n) is 8.26. The van der Waals surface area contributed by atoms with Crippen LogP contribution in [0.15, 0.2) is 12.2 Å². The summed E-state index contributed by atoms with van der Waals surface area (Å²) < 4.78 is 0. The molecule has 10 nitrogen and oxygen atoms in total. The maximum absolute atomic E-state index is 12.4. The molecule has 4 atom stereocenters. The highest BCUT2D eigenvalue weighted by Gasteiger charge is 2.34. The van der Waals surface area contributed by atoms with Crippen molar-refractivity contribution in [2.75, 3.05) is 0 Å². The molecule has 29 heavy (non-hydrogen) atoms. The molecule has 0 aliphatic rings. The van der Waals surface area contributed by atoms with Crippen molar-refractivity contribution in [3.8, 4) is 0 Å². The fraction of sp³-hybridized carbons (Fsp3) is 0.684. The van der Waals surface area contributed by atoms with E-state index in [1.807, 2.05) is 0 Å². The van der Waals surface area contributed by atoms with Gasteiger partial charge in [0.05, 0.1) is 11.6 Å². The number of hydrogen-bond donors (Lipinski definition) is 6. The fourth-order valence-corrected chi connectivity index (χ4v) is 2.67. The van der Waals surface area contributed by atoms with Crippen molar-refractivity contribution in [3.05, 3.63) is 12.2 Å². The monoisotopic (exact) mass is 414 g/mol. The van der Waals surface area contributed by atoms with E-state index in [1.54, 1.807) is 27.7 Å². The molecule has 0 unspecified atom stereocenters. The van der Waals surface area contributed by atoms with Crippen LogP contribution < -0.4 is 22.1 Å². The minimum atomic E-state index is -1.46. The summed E-state index contributed by atoms with van der Waals surface area (Å²) in [5.74, 6) is -4.31. The van der Waals surface area contributed by atoms with E-state index in [9.17, 15) is 24.3 Å². The van der Waals surface area contributed by atoms with Crippen molar-refractivity contribution in [1.82, 2.24) is 10.6 Å². The van der Waals surface area contributed by atoms with Crippen molar-refractivity contribution in [1.29, 1.82) is 0 Å². The first-order valence-corrected chi connectivity index (χ1v) is 9.38. The van der Waals surface area contributed by atoms with Crippen LogP contribution in [-0.4, -0.2) is 57.6 Å². The highest BCUT2D eigenvalue weighted by Crippen LogP contribution is 2.18. The Kier molecular flexibility index (Phi) is 9.99. The van der Waals surface area contributed by atoms with Crippen molar-refractivity contribution in [2.24, 2.45) is 23.3 Å². The third-order valence-electron chi connectivity index (χ3n) is 4.43. The number of amides is 2. The first-order valence-electron chi connectivity index (χ1n) is 9.38. The second-order valence-corrected chi connectivity index (χ2v) is 8.26. The first-order chi connectivity index (χ1) is 13.1. The summed E-state index contributed by atoms with van der Waals surface area (Å²) in [5.41, 5.74) is 10.8. The Balaban J connectivity index is 4.92. The molecule has 0 fully saturated rings. The predicted molar refractivity (Wildman–Crippen MR) is 108 cm³/mol. The number of aliphatic carboxylic acids is 2. The summed E-state index contributed by atoms with van der Waals surface area (Å²) in [6.07, 6.45) is -0.0420. The molecule has 0 aromatic rings. The number of rotatable bonds is 12. The lowest BCUT2D eigenvalue weighted by Gasteiger charge is -2.28. The van der Waals surface area contributed by atoms with Gasteiger partial charge in [0, 0.05) is 0 Å². The lowest BCUT2D eigenvalue weighted by atomic mass is 9.89.